The highest BCUT2D eigenvalue weighted by Gasteiger charge is 2.23. The minimum absolute atomic E-state index is 0.0485. The van der Waals surface area contributed by atoms with Crippen LogP contribution in [0.25, 0.3) is 28.3 Å². The molecule has 1 atom stereocenters. The number of nitrogens with one attached hydrogen (secondary N) is 2. The van der Waals surface area contributed by atoms with Crippen molar-refractivity contribution in [1.29, 1.82) is 0 Å². The second-order valence-electron chi connectivity index (χ2n) is 7.28. The number of ether oxygens (including phenoxy) is 1. The van der Waals surface area contributed by atoms with Crippen LogP contribution in [-0.4, -0.2) is 49.5 Å². The summed E-state index contributed by atoms with van der Waals surface area (Å²) < 4.78 is 7.33. The van der Waals surface area contributed by atoms with Gasteiger partial charge >= 0.3 is 0 Å². The highest BCUT2D eigenvalue weighted by Crippen LogP contribution is 2.30. The van der Waals surface area contributed by atoms with Crippen molar-refractivity contribution in [3.63, 3.8) is 0 Å². The smallest absolute Gasteiger partial charge is 0.273 e. The number of imidazole rings is 1. The number of nitrogen functional groups attached to an aromatic ring is 1. The van der Waals surface area contributed by atoms with Crippen molar-refractivity contribution in [2.45, 2.75) is 19.4 Å². The monoisotopic (exact) mass is 403 g/mol. The summed E-state index contributed by atoms with van der Waals surface area (Å²) in [6.07, 6.45) is 6.53. The molecule has 0 spiro atoms. The lowest BCUT2D eigenvalue weighted by molar-refractivity contribution is -0.0473. The van der Waals surface area contributed by atoms with Gasteiger partial charge in [0, 0.05) is 43.0 Å². The summed E-state index contributed by atoms with van der Waals surface area (Å²) >= 11 is 0. The van der Waals surface area contributed by atoms with Crippen LogP contribution in [0.5, 0.6) is 0 Å². The number of nitrogens with two attached hydrogens (primary N) is 1. The molecule has 152 valence electrons. The number of nitrogens with zero attached hydrogens (tertiary/aromatic N) is 4. The summed E-state index contributed by atoms with van der Waals surface area (Å²) in [4.78, 5) is 29.4. The molecule has 5 heterocycles. The summed E-state index contributed by atoms with van der Waals surface area (Å²) in [5.74, 6) is -0.287. The number of fused-ring (bicyclic) bond motifs is 1. The third-order valence-electron chi connectivity index (χ3n) is 5.24. The minimum atomic E-state index is -0.366. The van der Waals surface area contributed by atoms with E-state index in [0.29, 0.717) is 17.9 Å². The fourth-order valence-electron chi connectivity index (χ4n) is 3.46. The molecule has 5 rings (SSSR count). The van der Waals surface area contributed by atoms with Crippen molar-refractivity contribution in [2.24, 2.45) is 0 Å². The van der Waals surface area contributed by atoms with Gasteiger partial charge in [0.25, 0.3) is 5.91 Å². The third kappa shape index (κ3) is 3.18. The number of hydrogen-bond acceptors (Lipinski definition) is 6. The van der Waals surface area contributed by atoms with Crippen molar-refractivity contribution in [1.82, 2.24) is 29.7 Å². The average Bonchev–Trinajstić information content (AvgIpc) is 3.36. The van der Waals surface area contributed by atoms with E-state index >= 15 is 0 Å². The van der Waals surface area contributed by atoms with Gasteiger partial charge in [0.2, 0.25) is 0 Å². The number of aryl methyl sites for hydroxylation is 1. The van der Waals surface area contributed by atoms with Crippen LogP contribution in [0.1, 0.15) is 22.6 Å². The van der Waals surface area contributed by atoms with E-state index in [2.05, 4.69) is 25.3 Å². The van der Waals surface area contributed by atoms with E-state index in [9.17, 15) is 4.79 Å². The second-order valence-corrected chi connectivity index (χ2v) is 7.28. The quantitative estimate of drug-likeness (QED) is 0.469. The lowest BCUT2D eigenvalue weighted by Crippen LogP contribution is -2.40. The van der Waals surface area contributed by atoms with Crippen LogP contribution in [0.15, 0.2) is 42.9 Å². The van der Waals surface area contributed by atoms with Gasteiger partial charge in [-0.3, -0.25) is 4.79 Å². The molecular weight excluding hydrogens is 382 g/mol. The molecule has 30 heavy (non-hydrogen) atoms. The van der Waals surface area contributed by atoms with E-state index in [1.807, 2.05) is 41.8 Å². The Kier molecular flexibility index (Phi) is 4.44. The summed E-state index contributed by atoms with van der Waals surface area (Å²) in [6.45, 7) is 3.13. The van der Waals surface area contributed by atoms with Crippen LogP contribution < -0.4 is 11.1 Å². The number of amides is 1. The SMILES string of the molecule is Cc1cnc2ccc(-c3nc(C(=O)NCC4CCO4)c(N)nc3-c3ccc[nH]3)cn12. The predicted molar refractivity (Wildman–Crippen MR) is 112 cm³/mol. The Morgan fingerprint density at radius 1 is 1.33 bits per heavy atom. The molecule has 4 N–H and O–H groups in total. The molecular formula is C21H21N7O2. The summed E-state index contributed by atoms with van der Waals surface area (Å²) in [5, 5.41) is 2.84. The van der Waals surface area contributed by atoms with Crippen molar-refractivity contribution in [2.75, 3.05) is 18.9 Å². The highest BCUT2D eigenvalue weighted by molar-refractivity contribution is 5.98. The molecule has 1 aliphatic heterocycles. The Morgan fingerprint density at radius 2 is 2.20 bits per heavy atom. The van der Waals surface area contributed by atoms with E-state index < -0.39 is 0 Å². The molecule has 9 heteroatoms. The number of carbonyl (C=O) groups is 1. The van der Waals surface area contributed by atoms with Crippen LogP contribution >= 0.6 is 0 Å². The molecule has 1 unspecified atom stereocenters. The van der Waals surface area contributed by atoms with Gasteiger partial charge in [-0.1, -0.05) is 0 Å². The average molecular weight is 403 g/mol. The predicted octanol–water partition coefficient (Wildman–Crippen LogP) is 2.20. The highest BCUT2D eigenvalue weighted by atomic mass is 16.5. The van der Waals surface area contributed by atoms with Crippen LogP contribution in [0.3, 0.4) is 0 Å². The normalized spacial score (nSPS) is 15.8. The zero-order chi connectivity index (χ0) is 20.7. The maximum absolute atomic E-state index is 12.7. The molecule has 0 bridgehead atoms. The first kappa shape index (κ1) is 18.3. The van der Waals surface area contributed by atoms with Crippen LogP contribution in [0.4, 0.5) is 5.82 Å². The zero-order valence-electron chi connectivity index (χ0n) is 16.4. The van der Waals surface area contributed by atoms with Gasteiger partial charge in [-0.2, -0.15) is 0 Å². The van der Waals surface area contributed by atoms with Crippen molar-refractivity contribution in [3.05, 3.63) is 54.2 Å². The number of aromatic nitrogens is 5. The minimum Gasteiger partial charge on any atom is -0.382 e. The lowest BCUT2D eigenvalue weighted by Gasteiger charge is -2.26. The Morgan fingerprint density at radius 3 is 2.93 bits per heavy atom. The van der Waals surface area contributed by atoms with Crippen LogP contribution in [-0.2, 0) is 4.74 Å². The van der Waals surface area contributed by atoms with E-state index in [1.54, 1.807) is 12.4 Å². The first-order valence-electron chi connectivity index (χ1n) is 9.75. The van der Waals surface area contributed by atoms with Gasteiger partial charge in [0.15, 0.2) is 11.5 Å². The Bertz CT molecular complexity index is 1230. The van der Waals surface area contributed by atoms with Crippen LogP contribution in [0, 0.1) is 6.92 Å². The number of anilines is 1. The second kappa shape index (κ2) is 7.27. The number of pyridine rings is 1. The summed E-state index contributed by atoms with van der Waals surface area (Å²) in [6, 6.07) is 7.59. The standard InChI is InChI=1S/C21H21N7O2/c1-12-9-24-16-5-4-13(11-28(12)16)17-18(15-3-2-7-23-15)27-20(22)19(26-17)21(29)25-10-14-6-8-30-14/h2-5,7,9,11,14,23H,6,8,10H2,1H3,(H2,22,27)(H,25,29). The van der Waals surface area contributed by atoms with Gasteiger partial charge in [-0.25, -0.2) is 15.0 Å². The molecule has 4 aromatic heterocycles. The Labute approximate surface area is 172 Å². The molecule has 1 fully saturated rings. The fraction of sp³-hybridized carbons (Fsp3) is 0.238. The topological polar surface area (TPSA) is 123 Å². The van der Waals surface area contributed by atoms with E-state index in [-0.39, 0.29) is 23.5 Å². The molecule has 1 saturated heterocycles. The number of aromatic amines is 1. The summed E-state index contributed by atoms with van der Waals surface area (Å²) in [5.41, 5.74) is 10.8. The molecule has 1 amide bonds. The molecule has 0 aromatic carbocycles. The Balaban J connectivity index is 1.60. The van der Waals surface area contributed by atoms with E-state index in [0.717, 1.165) is 35.6 Å². The molecule has 0 aliphatic carbocycles. The third-order valence-corrected chi connectivity index (χ3v) is 5.24. The van der Waals surface area contributed by atoms with Gasteiger partial charge in [-0.15, -0.1) is 0 Å². The van der Waals surface area contributed by atoms with Gasteiger partial charge < -0.3 is 25.2 Å². The molecule has 4 aromatic rings. The maximum Gasteiger partial charge on any atom is 0.273 e. The van der Waals surface area contributed by atoms with E-state index in [1.165, 1.54) is 0 Å². The maximum atomic E-state index is 12.7. The van der Waals surface area contributed by atoms with Gasteiger partial charge in [0.1, 0.15) is 17.0 Å². The number of hydrogen-bond donors (Lipinski definition) is 3. The number of rotatable bonds is 5. The van der Waals surface area contributed by atoms with E-state index in [4.69, 9.17) is 10.5 Å². The molecule has 0 saturated carbocycles. The zero-order valence-corrected chi connectivity index (χ0v) is 16.4. The number of H-pyrrole nitrogens is 1. The van der Waals surface area contributed by atoms with Crippen LogP contribution in [0.2, 0.25) is 0 Å². The molecule has 9 nitrogen and oxygen atoms in total. The van der Waals surface area contributed by atoms with Crippen molar-refractivity contribution in [3.8, 4) is 22.6 Å². The lowest BCUT2D eigenvalue weighted by atomic mass is 10.1. The van der Waals surface area contributed by atoms with Crippen molar-refractivity contribution < 1.29 is 9.53 Å². The fourth-order valence-corrected chi connectivity index (χ4v) is 3.46. The first-order chi connectivity index (χ1) is 14.6. The number of carbonyl (C=O) groups excluding carboxylic acids is 1. The largest absolute Gasteiger partial charge is 0.382 e. The molecule has 1 aliphatic rings. The van der Waals surface area contributed by atoms with Gasteiger partial charge in [0.05, 0.1) is 11.8 Å². The van der Waals surface area contributed by atoms with Crippen molar-refractivity contribution >= 4 is 17.4 Å². The molecule has 0 radical (unpaired) electrons. The van der Waals surface area contributed by atoms with Gasteiger partial charge in [-0.05, 0) is 37.6 Å². The Hall–Kier alpha value is -3.72. The first-order valence-corrected chi connectivity index (χ1v) is 9.75. The summed E-state index contributed by atoms with van der Waals surface area (Å²) in [7, 11) is 0.